The van der Waals surface area contributed by atoms with Gasteiger partial charge in [0.05, 0.1) is 19.8 Å². The van der Waals surface area contributed by atoms with Crippen molar-refractivity contribution in [2.24, 2.45) is 0 Å². The van der Waals surface area contributed by atoms with Crippen LogP contribution in [-0.2, 0) is 0 Å². The number of aromatic hydroxyl groups is 2. The first kappa shape index (κ1) is 14.9. The fourth-order valence-electron chi connectivity index (χ4n) is 2.45. The van der Waals surface area contributed by atoms with Gasteiger partial charge in [-0.15, -0.1) is 0 Å². The average molecular weight is 316 g/mol. The Balaban J connectivity index is 2.04. The minimum absolute atomic E-state index is 0.00440. The standard InChI is InChI=1S/C17H16O6/c1-21-10-6-13(19)11-8-14(20)17(23-15(11)7-10)9-3-4-12(18)16(5-9)22-2/h3-8,17-20H,1-2H3. The van der Waals surface area contributed by atoms with E-state index in [0.717, 1.165) is 0 Å². The molecule has 2 aromatic carbocycles. The molecule has 0 aliphatic carbocycles. The van der Waals surface area contributed by atoms with E-state index >= 15 is 0 Å². The lowest BCUT2D eigenvalue weighted by molar-refractivity contribution is 0.173. The summed E-state index contributed by atoms with van der Waals surface area (Å²) in [6.45, 7) is 0. The van der Waals surface area contributed by atoms with E-state index in [4.69, 9.17) is 14.2 Å². The lowest BCUT2D eigenvalue weighted by Crippen LogP contribution is -2.15. The Morgan fingerprint density at radius 2 is 1.74 bits per heavy atom. The quantitative estimate of drug-likeness (QED) is 0.806. The van der Waals surface area contributed by atoms with Gasteiger partial charge in [0.2, 0.25) is 0 Å². The number of hydrogen-bond acceptors (Lipinski definition) is 6. The van der Waals surface area contributed by atoms with Gasteiger partial charge in [-0.1, -0.05) is 6.07 Å². The molecule has 1 unspecified atom stereocenters. The number of ether oxygens (including phenoxy) is 3. The van der Waals surface area contributed by atoms with Gasteiger partial charge in [0.25, 0.3) is 0 Å². The van der Waals surface area contributed by atoms with Gasteiger partial charge in [0.15, 0.2) is 17.6 Å². The monoisotopic (exact) mass is 316 g/mol. The Morgan fingerprint density at radius 1 is 0.957 bits per heavy atom. The van der Waals surface area contributed by atoms with E-state index in [2.05, 4.69) is 0 Å². The van der Waals surface area contributed by atoms with Crippen LogP contribution >= 0.6 is 0 Å². The lowest BCUT2D eigenvalue weighted by atomic mass is 10.0. The number of hydrogen-bond donors (Lipinski definition) is 3. The van der Waals surface area contributed by atoms with Crippen LogP contribution in [0.5, 0.6) is 28.7 Å². The van der Waals surface area contributed by atoms with Crippen molar-refractivity contribution in [3.63, 3.8) is 0 Å². The Labute approximate surface area is 132 Å². The molecule has 6 nitrogen and oxygen atoms in total. The minimum Gasteiger partial charge on any atom is -0.508 e. The smallest absolute Gasteiger partial charge is 0.180 e. The van der Waals surface area contributed by atoms with Crippen molar-refractivity contribution in [2.45, 2.75) is 6.10 Å². The second-order valence-corrected chi connectivity index (χ2v) is 5.06. The number of phenols is 2. The zero-order chi connectivity index (χ0) is 16.6. The molecular weight excluding hydrogens is 300 g/mol. The number of aliphatic hydroxyl groups excluding tert-OH is 1. The molecule has 6 heteroatoms. The molecule has 1 aliphatic heterocycles. The number of rotatable bonds is 3. The third-order valence-corrected chi connectivity index (χ3v) is 3.64. The predicted octanol–water partition coefficient (Wildman–Crippen LogP) is 3.15. The molecule has 2 aromatic rings. The molecule has 0 spiro atoms. The van der Waals surface area contributed by atoms with Crippen molar-refractivity contribution in [3.05, 3.63) is 47.2 Å². The molecule has 0 radical (unpaired) electrons. The van der Waals surface area contributed by atoms with Gasteiger partial charge in [-0.2, -0.15) is 0 Å². The summed E-state index contributed by atoms with van der Waals surface area (Å²) in [4.78, 5) is 0. The number of phenolic OH excluding ortho intramolecular Hbond substituents is 2. The van der Waals surface area contributed by atoms with Gasteiger partial charge >= 0.3 is 0 Å². The van der Waals surface area contributed by atoms with Crippen molar-refractivity contribution in [2.75, 3.05) is 14.2 Å². The molecule has 1 aliphatic rings. The molecule has 120 valence electrons. The normalized spacial score (nSPS) is 16.1. The van der Waals surface area contributed by atoms with Crippen molar-refractivity contribution in [1.82, 2.24) is 0 Å². The van der Waals surface area contributed by atoms with Crippen LogP contribution in [-0.4, -0.2) is 29.5 Å². The fraction of sp³-hybridized carbons (Fsp3) is 0.176. The maximum absolute atomic E-state index is 10.2. The fourth-order valence-corrected chi connectivity index (χ4v) is 2.45. The van der Waals surface area contributed by atoms with Crippen LogP contribution in [0.4, 0.5) is 0 Å². The average Bonchev–Trinajstić information content (AvgIpc) is 2.55. The van der Waals surface area contributed by atoms with Crippen LogP contribution in [0.1, 0.15) is 17.2 Å². The second kappa shape index (κ2) is 5.64. The van der Waals surface area contributed by atoms with Gasteiger partial charge in [-0.3, -0.25) is 0 Å². The second-order valence-electron chi connectivity index (χ2n) is 5.06. The van der Waals surface area contributed by atoms with Gasteiger partial charge in [0, 0.05) is 17.7 Å². The highest BCUT2D eigenvalue weighted by atomic mass is 16.5. The molecule has 1 heterocycles. The summed E-state index contributed by atoms with van der Waals surface area (Å²) in [6, 6.07) is 7.73. The van der Waals surface area contributed by atoms with E-state index in [1.807, 2.05) is 0 Å². The molecule has 0 amide bonds. The number of methoxy groups -OCH3 is 2. The number of aliphatic hydroxyl groups is 1. The largest absolute Gasteiger partial charge is 0.508 e. The lowest BCUT2D eigenvalue weighted by Gasteiger charge is -2.25. The van der Waals surface area contributed by atoms with Crippen molar-refractivity contribution in [1.29, 1.82) is 0 Å². The van der Waals surface area contributed by atoms with Gasteiger partial charge in [-0.05, 0) is 18.2 Å². The Kier molecular flexibility index (Phi) is 3.65. The summed E-state index contributed by atoms with van der Waals surface area (Å²) in [5.41, 5.74) is 0.978. The highest BCUT2D eigenvalue weighted by molar-refractivity contribution is 5.69. The summed E-state index contributed by atoms with van der Waals surface area (Å²) in [5, 5.41) is 29.9. The topological polar surface area (TPSA) is 88.4 Å². The summed E-state index contributed by atoms with van der Waals surface area (Å²) in [7, 11) is 2.92. The van der Waals surface area contributed by atoms with E-state index in [0.29, 0.717) is 22.6 Å². The Morgan fingerprint density at radius 3 is 2.43 bits per heavy atom. The molecule has 3 N–H and O–H groups in total. The Bertz CT molecular complexity index is 781. The van der Waals surface area contributed by atoms with E-state index in [1.165, 1.54) is 32.4 Å². The zero-order valence-electron chi connectivity index (χ0n) is 12.6. The maximum Gasteiger partial charge on any atom is 0.180 e. The van der Waals surface area contributed by atoms with Crippen LogP contribution in [0, 0.1) is 0 Å². The third kappa shape index (κ3) is 2.59. The predicted molar refractivity (Wildman–Crippen MR) is 83.3 cm³/mol. The highest BCUT2D eigenvalue weighted by Gasteiger charge is 2.27. The summed E-state index contributed by atoms with van der Waals surface area (Å²) in [5.74, 6) is 0.988. The van der Waals surface area contributed by atoms with Crippen LogP contribution in [0.3, 0.4) is 0 Å². The van der Waals surface area contributed by atoms with Crippen LogP contribution < -0.4 is 14.2 Å². The van der Waals surface area contributed by atoms with Gasteiger partial charge in [-0.25, -0.2) is 0 Å². The molecule has 23 heavy (non-hydrogen) atoms. The molecular formula is C17H16O6. The summed E-state index contributed by atoms with van der Waals surface area (Å²) < 4.78 is 16.0. The Hall–Kier alpha value is -3.02. The van der Waals surface area contributed by atoms with Crippen molar-refractivity contribution in [3.8, 4) is 28.7 Å². The van der Waals surface area contributed by atoms with Gasteiger partial charge in [0.1, 0.15) is 23.0 Å². The third-order valence-electron chi connectivity index (χ3n) is 3.64. The first-order valence-corrected chi connectivity index (χ1v) is 6.88. The molecule has 0 aromatic heterocycles. The minimum atomic E-state index is -0.775. The summed E-state index contributed by atoms with van der Waals surface area (Å²) in [6.07, 6.45) is 0.668. The maximum atomic E-state index is 10.2. The molecule has 0 saturated heterocycles. The molecule has 3 rings (SSSR count). The van der Waals surface area contributed by atoms with Gasteiger partial charge < -0.3 is 29.5 Å². The number of benzene rings is 2. The van der Waals surface area contributed by atoms with Crippen LogP contribution in [0.25, 0.3) is 6.08 Å². The van der Waals surface area contributed by atoms with E-state index in [-0.39, 0.29) is 23.0 Å². The first-order valence-electron chi connectivity index (χ1n) is 6.88. The SMILES string of the molecule is COc1cc(O)c2c(c1)OC(c1ccc(O)c(OC)c1)C(O)=C2. The molecule has 0 saturated carbocycles. The van der Waals surface area contributed by atoms with E-state index in [1.54, 1.807) is 18.2 Å². The first-order chi connectivity index (χ1) is 11.0. The number of fused-ring (bicyclic) bond motifs is 1. The molecule has 0 fully saturated rings. The van der Waals surface area contributed by atoms with E-state index < -0.39 is 6.10 Å². The van der Waals surface area contributed by atoms with Crippen molar-refractivity contribution >= 4 is 6.08 Å². The zero-order valence-corrected chi connectivity index (χ0v) is 12.6. The van der Waals surface area contributed by atoms with Crippen LogP contribution in [0.15, 0.2) is 36.1 Å². The van der Waals surface area contributed by atoms with E-state index in [9.17, 15) is 15.3 Å². The molecule has 1 atom stereocenters. The summed E-state index contributed by atoms with van der Waals surface area (Å²) >= 11 is 0. The van der Waals surface area contributed by atoms with Crippen LogP contribution in [0.2, 0.25) is 0 Å². The van der Waals surface area contributed by atoms with Crippen molar-refractivity contribution < 1.29 is 29.5 Å². The highest BCUT2D eigenvalue weighted by Crippen LogP contribution is 2.43. The molecule has 0 bridgehead atoms.